The number of amides is 2. The van der Waals surface area contributed by atoms with Crippen LogP contribution in [0, 0.1) is 6.92 Å². The van der Waals surface area contributed by atoms with Crippen LogP contribution in [-0.2, 0) is 28.7 Å². The van der Waals surface area contributed by atoms with E-state index in [1.807, 2.05) is 0 Å². The van der Waals surface area contributed by atoms with E-state index in [4.69, 9.17) is 0 Å². The monoisotopic (exact) mass is 671 g/mol. The van der Waals surface area contributed by atoms with Crippen LogP contribution < -0.4 is 10.6 Å². The molecule has 1 aromatic carbocycles. The number of aromatic nitrogens is 5. The molecule has 41 heavy (non-hydrogen) atoms. The van der Waals surface area contributed by atoms with Crippen LogP contribution in [0.15, 0.2) is 28.9 Å². The van der Waals surface area contributed by atoms with Crippen LogP contribution in [0.2, 0.25) is 0 Å². The van der Waals surface area contributed by atoms with Gasteiger partial charge in [-0.25, -0.2) is 23.1 Å². The number of nitrogens with one attached hydrogen (secondary N) is 2. The molecule has 11 nitrogen and oxygen atoms in total. The molecule has 222 valence electrons. The predicted molar refractivity (Wildman–Crippen MR) is 135 cm³/mol. The quantitative estimate of drug-likeness (QED) is 0.345. The Kier molecular flexibility index (Phi) is 9.11. The highest BCUT2D eigenvalue weighted by molar-refractivity contribution is 9.10. The van der Waals surface area contributed by atoms with Crippen molar-refractivity contribution in [2.45, 2.75) is 38.8 Å². The third-order valence-electron chi connectivity index (χ3n) is 5.16. The Labute approximate surface area is 236 Å². The van der Waals surface area contributed by atoms with Crippen molar-refractivity contribution in [3.8, 4) is 0 Å². The number of carbonyl (C=O) groups excluding carboxylic acids is 2. The number of anilines is 1. The highest BCUT2D eigenvalue weighted by Gasteiger charge is 2.44. The van der Waals surface area contributed by atoms with E-state index in [1.54, 1.807) is 0 Å². The molecule has 0 aliphatic heterocycles. The summed E-state index contributed by atoms with van der Waals surface area (Å²) in [5, 5.41) is 7.86. The van der Waals surface area contributed by atoms with Gasteiger partial charge in [0.25, 0.3) is 17.6 Å². The molecule has 0 saturated heterocycles. The van der Waals surface area contributed by atoms with Gasteiger partial charge in [0.15, 0.2) is 0 Å². The third kappa shape index (κ3) is 8.21. The molecule has 1 atom stereocenters. The summed E-state index contributed by atoms with van der Waals surface area (Å²) in [6.07, 6.45) is -8.43. The van der Waals surface area contributed by atoms with Gasteiger partial charge in [-0.05, 0) is 41.9 Å². The summed E-state index contributed by atoms with van der Waals surface area (Å²) in [4.78, 5) is 36.3. The third-order valence-corrected chi connectivity index (χ3v) is 6.93. The maximum Gasteiger partial charge on any atom is 0.453 e. The lowest BCUT2D eigenvalue weighted by atomic mass is 10.1. The first-order chi connectivity index (χ1) is 18.8. The average Bonchev–Trinajstić information content (AvgIpc) is 3.24. The van der Waals surface area contributed by atoms with Crippen LogP contribution in [0.4, 0.5) is 32.0 Å². The van der Waals surface area contributed by atoms with Crippen molar-refractivity contribution < 1.29 is 44.3 Å². The molecule has 2 N–H and O–H groups in total. The van der Waals surface area contributed by atoms with Gasteiger partial charge in [0.2, 0.25) is 5.82 Å². The lowest BCUT2D eigenvalue weighted by Gasteiger charge is -2.16. The minimum Gasteiger partial charge on any atom is -0.349 e. The minimum atomic E-state index is -5.24. The van der Waals surface area contributed by atoms with E-state index in [-0.39, 0.29) is 43.2 Å². The molecule has 2 heterocycles. The number of rotatable bonds is 8. The Morgan fingerprint density at radius 2 is 1.73 bits per heavy atom. The molecule has 0 radical (unpaired) electrons. The Bertz CT molecular complexity index is 1590. The first-order valence-electron chi connectivity index (χ1n) is 11.3. The lowest BCUT2D eigenvalue weighted by molar-refractivity contribution is -0.150. The summed E-state index contributed by atoms with van der Waals surface area (Å²) in [5.74, 6) is -6.12. The summed E-state index contributed by atoms with van der Waals surface area (Å²) in [6, 6.07) is 3.49. The summed E-state index contributed by atoms with van der Waals surface area (Å²) in [6.45, 7) is 1.92. The second kappa shape index (κ2) is 11.7. The number of nitrogens with zero attached hydrogens (tertiary/aromatic N) is 5. The summed E-state index contributed by atoms with van der Waals surface area (Å²) < 4.78 is 102. The molecule has 0 unspecified atom stereocenters. The molecule has 0 spiro atoms. The maximum absolute atomic E-state index is 13.2. The summed E-state index contributed by atoms with van der Waals surface area (Å²) in [7, 11) is -3.41. The predicted octanol–water partition coefficient (Wildman–Crippen LogP) is 3.64. The van der Waals surface area contributed by atoms with Gasteiger partial charge >= 0.3 is 12.4 Å². The number of benzene rings is 1. The van der Waals surface area contributed by atoms with E-state index < -0.39 is 58.2 Å². The maximum atomic E-state index is 13.2. The number of hydrogen-bond donors (Lipinski definition) is 2. The van der Waals surface area contributed by atoms with E-state index in [9.17, 15) is 44.3 Å². The second-order valence-corrected chi connectivity index (χ2v) is 11.8. The summed E-state index contributed by atoms with van der Waals surface area (Å²) >= 11 is 3.19. The largest absolute Gasteiger partial charge is 0.453 e. The fourth-order valence-electron chi connectivity index (χ4n) is 3.56. The van der Waals surface area contributed by atoms with Gasteiger partial charge in [-0.3, -0.25) is 9.59 Å². The Hall–Kier alpha value is -3.61. The van der Waals surface area contributed by atoms with Crippen LogP contribution in [0.5, 0.6) is 0 Å². The topological polar surface area (TPSA) is 149 Å². The molecule has 0 bridgehead atoms. The zero-order valence-electron chi connectivity index (χ0n) is 21.2. The molecular formula is C22H20BrF6N7O4S. The summed E-state index contributed by atoms with van der Waals surface area (Å²) in [5.41, 5.74) is -0.201. The highest BCUT2D eigenvalue weighted by Crippen LogP contribution is 2.32. The van der Waals surface area contributed by atoms with Gasteiger partial charge < -0.3 is 10.6 Å². The van der Waals surface area contributed by atoms with Crippen molar-refractivity contribution >= 4 is 43.3 Å². The molecule has 3 aromatic rings. The average molecular weight is 672 g/mol. The zero-order chi connectivity index (χ0) is 30.9. The van der Waals surface area contributed by atoms with Crippen LogP contribution in [0.1, 0.15) is 50.8 Å². The van der Waals surface area contributed by atoms with Crippen molar-refractivity contribution in [3.05, 3.63) is 63.2 Å². The van der Waals surface area contributed by atoms with Crippen LogP contribution in [0.3, 0.4) is 0 Å². The van der Waals surface area contributed by atoms with Crippen LogP contribution >= 0.6 is 15.9 Å². The molecule has 3 rings (SSSR count). The number of halogens is 7. The number of aryl methyl sites for hydroxylation is 1. The molecular weight excluding hydrogens is 652 g/mol. The van der Waals surface area contributed by atoms with E-state index in [0.717, 1.165) is 12.5 Å². The van der Waals surface area contributed by atoms with E-state index in [0.29, 0.717) is 0 Å². The van der Waals surface area contributed by atoms with Gasteiger partial charge in [-0.15, -0.1) is 5.10 Å². The van der Waals surface area contributed by atoms with E-state index in [1.165, 1.54) is 32.0 Å². The number of carbonyl (C=O) groups is 2. The fraction of sp³-hybridized carbons (Fsp3) is 0.364. The molecule has 0 fully saturated rings. The Morgan fingerprint density at radius 3 is 2.29 bits per heavy atom. The van der Waals surface area contributed by atoms with Crippen LogP contribution in [0.25, 0.3) is 0 Å². The molecule has 2 aromatic heterocycles. The smallest absolute Gasteiger partial charge is 0.349 e. The fourth-order valence-corrected chi connectivity index (χ4v) is 5.09. The number of alkyl halides is 6. The van der Waals surface area contributed by atoms with Crippen molar-refractivity contribution in [2.75, 3.05) is 17.3 Å². The van der Waals surface area contributed by atoms with Gasteiger partial charge in [-0.1, -0.05) is 6.07 Å². The van der Waals surface area contributed by atoms with Gasteiger partial charge in [0, 0.05) is 16.8 Å². The first-order valence-corrected chi connectivity index (χ1v) is 14.1. The van der Waals surface area contributed by atoms with Gasteiger partial charge in [-0.2, -0.15) is 31.3 Å². The van der Waals surface area contributed by atoms with Gasteiger partial charge in [0.1, 0.15) is 22.2 Å². The Morgan fingerprint density at radius 1 is 1.07 bits per heavy atom. The second-order valence-electron chi connectivity index (χ2n) is 8.78. The number of hydrogen-bond acceptors (Lipinski definition) is 8. The van der Waals surface area contributed by atoms with E-state index in [2.05, 4.69) is 46.6 Å². The van der Waals surface area contributed by atoms with Crippen LogP contribution in [-0.4, -0.2) is 63.0 Å². The van der Waals surface area contributed by atoms with Gasteiger partial charge in [0.05, 0.1) is 34.5 Å². The first kappa shape index (κ1) is 31.9. The molecule has 0 aliphatic rings. The highest BCUT2D eigenvalue weighted by atomic mass is 79.9. The zero-order valence-corrected chi connectivity index (χ0v) is 23.6. The van der Waals surface area contributed by atoms with E-state index >= 15 is 0 Å². The van der Waals surface area contributed by atoms with Crippen molar-refractivity contribution in [2.24, 2.45) is 0 Å². The molecule has 0 aliphatic carbocycles. The Balaban J connectivity index is 1.84. The van der Waals surface area contributed by atoms with Crippen molar-refractivity contribution in [1.82, 2.24) is 30.0 Å². The minimum absolute atomic E-state index is 0.0128. The van der Waals surface area contributed by atoms with Crippen molar-refractivity contribution in [3.63, 3.8) is 0 Å². The standard InChI is InChI=1S/C22H20BrF6N7O4S/c1-10(9-41(3,39)40)31-18(38)16-12(5-4-6-13(16)23)17(37)33-14-7-30-15(32-11(14)2)8-36-20(22(27,28)29)34-19(35-36)21(24,25)26/h4-7,10H,8-9H2,1-3H3,(H,31,38)(H,33,37)/t10-/m0/s1. The molecule has 0 saturated carbocycles. The van der Waals surface area contributed by atoms with Crippen molar-refractivity contribution in [1.29, 1.82) is 0 Å². The number of sulfone groups is 1. The lowest BCUT2D eigenvalue weighted by Crippen LogP contribution is -2.38. The normalized spacial score (nSPS) is 13.1. The molecule has 2 amide bonds. The molecule has 19 heteroatoms. The SMILES string of the molecule is Cc1nc(Cn2nc(C(F)(F)F)nc2C(F)(F)F)ncc1NC(=O)c1cccc(Br)c1C(=O)N[C@@H](C)CS(C)(=O)=O.